The molecule has 0 saturated carbocycles. The standard InChI is InChI=1S/C20H20N2O4/c1-25-14-6-3-12(4-7-14)13-5-8-17-16(9-13)20(24)22-11-15(26-2)10-18(22)19(23)21-17/h3-9,15,18H,10-11H2,1-2H3,(H,21,23)/t15-,18+/m1/s1. The van der Waals surface area contributed by atoms with Crippen LogP contribution < -0.4 is 10.1 Å². The lowest BCUT2D eigenvalue weighted by atomic mass is 10.0. The largest absolute Gasteiger partial charge is 0.497 e. The number of rotatable bonds is 3. The fourth-order valence-corrected chi connectivity index (χ4v) is 3.61. The molecule has 1 N–H and O–H groups in total. The number of amides is 2. The van der Waals surface area contributed by atoms with Gasteiger partial charge in [0.05, 0.1) is 24.5 Å². The van der Waals surface area contributed by atoms with E-state index in [-0.39, 0.29) is 17.9 Å². The molecule has 0 radical (unpaired) electrons. The second-order valence-corrected chi connectivity index (χ2v) is 6.54. The lowest BCUT2D eigenvalue weighted by Crippen LogP contribution is -2.40. The summed E-state index contributed by atoms with van der Waals surface area (Å²) in [5, 5.41) is 2.89. The number of ether oxygens (including phenoxy) is 2. The van der Waals surface area contributed by atoms with Gasteiger partial charge in [-0.1, -0.05) is 18.2 Å². The topological polar surface area (TPSA) is 67.9 Å². The van der Waals surface area contributed by atoms with Crippen LogP contribution in [0.5, 0.6) is 5.75 Å². The number of nitrogens with zero attached hydrogens (tertiary/aromatic N) is 1. The van der Waals surface area contributed by atoms with Crippen molar-refractivity contribution in [3.63, 3.8) is 0 Å². The van der Waals surface area contributed by atoms with Gasteiger partial charge in [-0.3, -0.25) is 9.59 Å². The molecule has 6 heteroatoms. The average molecular weight is 352 g/mol. The van der Waals surface area contributed by atoms with Gasteiger partial charge in [0.25, 0.3) is 5.91 Å². The number of hydrogen-bond donors (Lipinski definition) is 1. The molecular weight excluding hydrogens is 332 g/mol. The van der Waals surface area contributed by atoms with E-state index < -0.39 is 6.04 Å². The van der Waals surface area contributed by atoms with Crippen LogP contribution in [0, 0.1) is 0 Å². The Labute approximate surface area is 151 Å². The smallest absolute Gasteiger partial charge is 0.256 e. The van der Waals surface area contributed by atoms with Gasteiger partial charge in [0.15, 0.2) is 0 Å². The molecule has 6 nitrogen and oxygen atoms in total. The third kappa shape index (κ3) is 2.72. The molecule has 0 aliphatic carbocycles. The summed E-state index contributed by atoms with van der Waals surface area (Å²) in [5.74, 6) is 0.476. The van der Waals surface area contributed by atoms with E-state index in [1.165, 1.54) is 0 Å². The first-order chi connectivity index (χ1) is 12.6. The third-order valence-corrected chi connectivity index (χ3v) is 5.09. The second-order valence-electron chi connectivity index (χ2n) is 6.54. The molecule has 0 bridgehead atoms. The van der Waals surface area contributed by atoms with Gasteiger partial charge < -0.3 is 19.7 Å². The predicted molar refractivity (Wildman–Crippen MR) is 97.3 cm³/mol. The van der Waals surface area contributed by atoms with E-state index in [9.17, 15) is 9.59 Å². The zero-order valence-corrected chi connectivity index (χ0v) is 14.7. The number of hydrogen-bond acceptors (Lipinski definition) is 4. The lowest BCUT2D eigenvalue weighted by molar-refractivity contribution is -0.119. The van der Waals surface area contributed by atoms with Crippen LogP contribution in [0.1, 0.15) is 16.8 Å². The maximum absolute atomic E-state index is 13.1. The molecular formula is C20H20N2O4. The molecule has 2 aromatic carbocycles. The number of benzene rings is 2. The zero-order valence-electron chi connectivity index (χ0n) is 14.7. The Kier molecular flexibility index (Phi) is 4.12. The number of nitrogens with one attached hydrogen (secondary N) is 1. The molecule has 0 spiro atoms. The highest BCUT2D eigenvalue weighted by Crippen LogP contribution is 2.33. The Balaban J connectivity index is 1.72. The minimum absolute atomic E-state index is 0.110. The van der Waals surface area contributed by atoms with Crippen LogP contribution >= 0.6 is 0 Å². The summed E-state index contributed by atoms with van der Waals surface area (Å²) < 4.78 is 10.5. The van der Waals surface area contributed by atoms with E-state index in [2.05, 4.69) is 5.32 Å². The summed E-state index contributed by atoms with van der Waals surface area (Å²) in [5.41, 5.74) is 2.95. The van der Waals surface area contributed by atoms with Crippen LogP contribution in [0.2, 0.25) is 0 Å². The fraction of sp³-hybridized carbons (Fsp3) is 0.300. The van der Waals surface area contributed by atoms with Gasteiger partial charge in [-0.25, -0.2) is 0 Å². The Morgan fingerprint density at radius 3 is 2.46 bits per heavy atom. The fourth-order valence-electron chi connectivity index (χ4n) is 3.61. The Hall–Kier alpha value is -2.86. The zero-order chi connectivity index (χ0) is 18.3. The molecule has 4 rings (SSSR count). The highest BCUT2D eigenvalue weighted by Gasteiger charge is 2.42. The van der Waals surface area contributed by atoms with E-state index in [1.54, 1.807) is 25.2 Å². The molecule has 0 unspecified atom stereocenters. The minimum atomic E-state index is -0.482. The number of carbonyl (C=O) groups is 2. The van der Waals surface area contributed by atoms with Crippen molar-refractivity contribution < 1.29 is 19.1 Å². The van der Waals surface area contributed by atoms with Gasteiger partial charge in [-0.15, -0.1) is 0 Å². The van der Waals surface area contributed by atoms with Crippen molar-refractivity contribution >= 4 is 17.5 Å². The van der Waals surface area contributed by atoms with Gasteiger partial charge in [-0.05, 0) is 35.4 Å². The quantitative estimate of drug-likeness (QED) is 0.922. The molecule has 2 aliphatic heterocycles. The summed E-state index contributed by atoms with van der Waals surface area (Å²) in [6, 6.07) is 12.7. The van der Waals surface area contributed by atoms with Crippen molar-refractivity contribution in [2.75, 3.05) is 26.1 Å². The Morgan fingerprint density at radius 2 is 1.77 bits per heavy atom. The number of carbonyl (C=O) groups excluding carboxylic acids is 2. The first-order valence-electron chi connectivity index (χ1n) is 8.54. The average Bonchev–Trinajstić information content (AvgIpc) is 3.09. The molecule has 1 saturated heterocycles. The highest BCUT2D eigenvalue weighted by molar-refractivity contribution is 6.10. The first kappa shape index (κ1) is 16.6. The second kappa shape index (κ2) is 6.46. The van der Waals surface area contributed by atoms with Crippen LogP contribution in [0.3, 0.4) is 0 Å². The Bertz CT molecular complexity index is 863. The summed E-state index contributed by atoms with van der Waals surface area (Å²) in [7, 11) is 3.23. The van der Waals surface area contributed by atoms with Gasteiger partial charge in [0.1, 0.15) is 11.8 Å². The van der Waals surface area contributed by atoms with Gasteiger partial charge in [0, 0.05) is 20.1 Å². The molecule has 2 amide bonds. The molecule has 134 valence electrons. The molecule has 26 heavy (non-hydrogen) atoms. The van der Waals surface area contributed by atoms with E-state index in [1.807, 2.05) is 36.4 Å². The van der Waals surface area contributed by atoms with Gasteiger partial charge in [0.2, 0.25) is 5.91 Å². The molecule has 2 atom stereocenters. The van der Waals surface area contributed by atoms with Crippen LogP contribution in [0.25, 0.3) is 11.1 Å². The van der Waals surface area contributed by atoms with Gasteiger partial charge in [-0.2, -0.15) is 0 Å². The van der Waals surface area contributed by atoms with Crippen molar-refractivity contribution in [3.05, 3.63) is 48.0 Å². The van der Waals surface area contributed by atoms with Crippen LogP contribution in [0.15, 0.2) is 42.5 Å². The molecule has 1 fully saturated rings. The molecule has 2 aromatic rings. The van der Waals surface area contributed by atoms with E-state index in [4.69, 9.17) is 9.47 Å². The van der Waals surface area contributed by atoms with E-state index >= 15 is 0 Å². The normalized spacial score (nSPS) is 21.7. The summed E-state index contributed by atoms with van der Waals surface area (Å²) in [6.45, 7) is 0.430. The van der Waals surface area contributed by atoms with E-state index in [0.717, 1.165) is 16.9 Å². The lowest BCUT2D eigenvalue weighted by Gasteiger charge is -2.20. The third-order valence-electron chi connectivity index (χ3n) is 5.09. The van der Waals surface area contributed by atoms with Crippen LogP contribution in [-0.4, -0.2) is 49.6 Å². The maximum Gasteiger partial charge on any atom is 0.256 e. The maximum atomic E-state index is 13.1. The molecule has 2 heterocycles. The van der Waals surface area contributed by atoms with Crippen LogP contribution in [-0.2, 0) is 9.53 Å². The Morgan fingerprint density at radius 1 is 1.04 bits per heavy atom. The number of fused-ring (bicyclic) bond motifs is 2. The van der Waals surface area contributed by atoms with Crippen molar-refractivity contribution in [1.29, 1.82) is 0 Å². The molecule has 2 aliphatic rings. The van der Waals surface area contributed by atoms with Crippen molar-refractivity contribution in [2.24, 2.45) is 0 Å². The van der Waals surface area contributed by atoms with Crippen molar-refractivity contribution in [1.82, 2.24) is 4.90 Å². The van der Waals surface area contributed by atoms with Gasteiger partial charge >= 0.3 is 0 Å². The van der Waals surface area contributed by atoms with E-state index in [0.29, 0.717) is 24.2 Å². The SMILES string of the molecule is COc1ccc(-c2ccc3c(c2)C(=O)N2C[C@H](OC)C[C@H]2C(=O)N3)cc1. The highest BCUT2D eigenvalue weighted by atomic mass is 16.5. The first-order valence-corrected chi connectivity index (χ1v) is 8.54. The summed E-state index contributed by atoms with van der Waals surface area (Å²) in [4.78, 5) is 27.2. The number of methoxy groups -OCH3 is 2. The van der Waals surface area contributed by atoms with Crippen LogP contribution in [0.4, 0.5) is 5.69 Å². The predicted octanol–water partition coefficient (Wildman–Crippen LogP) is 2.54. The monoisotopic (exact) mass is 352 g/mol. The summed E-state index contributed by atoms with van der Waals surface area (Å²) >= 11 is 0. The van der Waals surface area contributed by atoms with Crippen molar-refractivity contribution in [2.45, 2.75) is 18.6 Å². The minimum Gasteiger partial charge on any atom is -0.497 e. The molecule has 0 aromatic heterocycles. The van der Waals surface area contributed by atoms with Crippen molar-refractivity contribution in [3.8, 4) is 16.9 Å². The number of anilines is 1. The summed E-state index contributed by atoms with van der Waals surface area (Å²) in [6.07, 6.45) is 0.411.